The van der Waals surface area contributed by atoms with E-state index >= 15 is 0 Å². The quantitative estimate of drug-likeness (QED) is 0.510. The number of nitrogens with one attached hydrogen (secondary N) is 1. The lowest BCUT2D eigenvalue weighted by molar-refractivity contribution is -0.0342. The topological polar surface area (TPSA) is 32.3 Å². The maximum absolute atomic E-state index is 9.93. The Morgan fingerprint density at radius 1 is 1.30 bits per heavy atom. The number of hydrogen-bond donors (Lipinski definition) is 2. The van der Waals surface area contributed by atoms with Crippen LogP contribution in [-0.4, -0.2) is 23.8 Å². The second-order valence-corrected chi connectivity index (χ2v) is 3.86. The molecule has 58 valence electrons. The standard InChI is InChI=1S/C8H15NO/c1-8(10)6-2-3-7(8)5-9-4-6/h6-7,9-10H,2-5H2,1H3/t6-,7?,8-/m0/s1. The van der Waals surface area contributed by atoms with Crippen LogP contribution in [0.2, 0.25) is 0 Å². The number of piperidine rings is 1. The highest BCUT2D eigenvalue weighted by molar-refractivity contribution is 5.00. The van der Waals surface area contributed by atoms with Gasteiger partial charge in [-0.2, -0.15) is 0 Å². The first-order chi connectivity index (χ1) is 4.71. The first-order valence-corrected chi connectivity index (χ1v) is 4.14. The van der Waals surface area contributed by atoms with Crippen LogP contribution in [0.25, 0.3) is 0 Å². The highest BCUT2D eigenvalue weighted by Gasteiger charge is 2.47. The molecule has 2 N–H and O–H groups in total. The summed E-state index contributed by atoms with van der Waals surface area (Å²) in [4.78, 5) is 0. The third-order valence-corrected chi connectivity index (χ3v) is 3.30. The van der Waals surface area contributed by atoms with Crippen molar-refractivity contribution in [2.75, 3.05) is 13.1 Å². The minimum absolute atomic E-state index is 0.356. The average Bonchev–Trinajstić information content (AvgIpc) is 2.17. The SMILES string of the molecule is C[C@@]1(O)C2CC[C@H]1CNC2. The zero-order valence-corrected chi connectivity index (χ0v) is 6.43. The Morgan fingerprint density at radius 3 is 2.20 bits per heavy atom. The van der Waals surface area contributed by atoms with Gasteiger partial charge in [-0.05, 0) is 19.8 Å². The van der Waals surface area contributed by atoms with E-state index in [1.165, 1.54) is 12.8 Å². The van der Waals surface area contributed by atoms with Gasteiger partial charge in [0, 0.05) is 24.9 Å². The predicted molar refractivity (Wildman–Crippen MR) is 39.7 cm³/mol. The van der Waals surface area contributed by atoms with Gasteiger partial charge in [0.2, 0.25) is 0 Å². The van der Waals surface area contributed by atoms with Gasteiger partial charge in [0.05, 0.1) is 5.60 Å². The molecule has 3 atom stereocenters. The summed E-state index contributed by atoms with van der Waals surface area (Å²) in [5.74, 6) is 1.04. The Morgan fingerprint density at radius 2 is 1.80 bits per heavy atom. The van der Waals surface area contributed by atoms with Crippen molar-refractivity contribution in [3.8, 4) is 0 Å². The molecule has 1 unspecified atom stereocenters. The van der Waals surface area contributed by atoms with Gasteiger partial charge in [0.1, 0.15) is 0 Å². The Bertz CT molecular complexity index is 126. The number of rotatable bonds is 0. The van der Waals surface area contributed by atoms with Crippen molar-refractivity contribution < 1.29 is 5.11 Å². The summed E-state index contributed by atoms with van der Waals surface area (Å²) in [6.07, 6.45) is 2.43. The van der Waals surface area contributed by atoms with E-state index in [0.717, 1.165) is 13.1 Å². The van der Waals surface area contributed by atoms with Crippen LogP contribution in [-0.2, 0) is 0 Å². The molecule has 1 saturated carbocycles. The van der Waals surface area contributed by atoms with Crippen LogP contribution in [0.4, 0.5) is 0 Å². The van der Waals surface area contributed by atoms with Crippen molar-refractivity contribution in [1.29, 1.82) is 0 Å². The van der Waals surface area contributed by atoms with Crippen molar-refractivity contribution in [3.05, 3.63) is 0 Å². The fourth-order valence-corrected chi connectivity index (χ4v) is 2.37. The zero-order chi connectivity index (χ0) is 7.19. The van der Waals surface area contributed by atoms with Crippen LogP contribution >= 0.6 is 0 Å². The van der Waals surface area contributed by atoms with Gasteiger partial charge in [-0.15, -0.1) is 0 Å². The fraction of sp³-hybridized carbons (Fsp3) is 1.00. The summed E-state index contributed by atoms with van der Waals surface area (Å²) in [5, 5.41) is 13.3. The van der Waals surface area contributed by atoms with Crippen LogP contribution in [0, 0.1) is 11.8 Å². The first-order valence-electron chi connectivity index (χ1n) is 4.14. The number of aliphatic hydroxyl groups is 1. The molecule has 0 amide bonds. The Labute approximate surface area is 61.6 Å². The summed E-state index contributed by atoms with van der Waals surface area (Å²) in [7, 11) is 0. The first kappa shape index (κ1) is 6.62. The molecule has 0 radical (unpaired) electrons. The molecular formula is C8H15NO. The molecule has 1 heterocycles. The second-order valence-electron chi connectivity index (χ2n) is 3.86. The summed E-state index contributed by atoms with van der Waals surface area (Å²) >= 11 is 0. The lowest BCUT2D eigenvalue weighted by atomic mass is 9.83. The third kappa shape index (κ3) is 0.722. The largest absolute Gasteiger partial charge is 0.390 e. The van der Waals surface area contributed by atoms with Gasteiger partial charge in [-0.3, -0.25) is 0 Å². The average molecular weight is 141 g/mol. The summed E-state index contributed by atoms with van der Waals surface area (Å²) in [6.45, 7) is 4.03. The highest BCUT2D eigenvalue weighted by Crippen LogP contribution is 2.41. The molecule has 1 aliphatic heterocycles. The van der Waals surface area contributed by atoms with Gasteiger partial charge in [0.25, 0.3) is 0 Å². The molecule has 2 bridgehead atoms. The van der Waals surface area contributed by atoms with Crippen LogP contribution in [0.15, 0.2) is 0 Å². The maximum atomic E-state index is 9.93. The van der Waals surface area contributed by atoms with Crippen molar-refractivity contribution in [1.82, 2.24) is 5.32 Å². The molecule has 2 heteroatoms. The van der Waals surface area contributed by atoms with Crippen LogP contribution in [0.5, 0.6) is 0 Å². The summed E-state index contributed by atoms with van der Waals surface area (Å²) < 4.78 is 0. The van der Waals surface area contributed by atoms with Crippen molar-refractivity contribution in [3.63, 3.8) is 0 Å². The fourth-order valence-electron chi connectivity index (χ4n) is 2.37. The van der Waals surface area contributed by atoms with E-state index in [1.54, 1.807) is 0 Å². The Hall–Kier alpha value is -0.0800. The predicted octanol–water partition coefficient (Wildman–Crippen LogP) is 0.367. The normalized spacial score (nSPS) is 53.4. The number of hydrogen-bond acceptors (Lipinski definition) is 2. The molecule has 1 aliphatic carbocycles. The van der Waals surface area contributed by atoms with E-state index in [1.807, 2.05) is 6.92 Å². The van der Waals surface area contributed by atoms with E-state index in [-0.39, 0.29) is 5.60 Å². The lowest BCUT2D eigenvalue weighted by Crippen LogP contribution is -2.50. The van der Waals surface area contributed by atoms with Crippen LogP contribution in [0.3, 0.4) is 0 Å². The van der Waals surface area contributed by atoms with Crippen molar-refractivity contribution >= 4 is 0 Å². The molecule has 0 aromatic heterocycles. The molecule has 1 saturated heterocycles. The minimum Gasteiger partial charge on any atom is -0.390 e. The highest BCUT2D eigenvalue weighted by atomic mass is 16.3. The molecule has 0 aromatic rings. The maximum Gasteiger partial charge on any atom is 0.0700 e. The van der Waals surface area contributed by atoms with E-state index in [2.05, 4.69) is 5.32 Å². The molecule has 2 rings (SSSR count). The molecule has 2 aliphatic rings. The van der Waals surface area contributed by atoms with Crippen LogP contribution < -0.4 is 5.32 Å². The van der Waals surface area contributed by atoms with Crippen molar-refractivity contribution in [2.45, 2.75) is 25.4 Å². The molecule has 10 heavy (non-hydrogen) atoms. The summed E-state index contributed by atoms with van der Waals surface area (Å²) in [5.41, 5.74) is -0.356. The van der Waals surface area contributed by atoms with Crippen LogP contribution in [0.1, 0.15) is 19.8 Å². The van der Waals surface area contributed by atoms with E-state index in [4.69, 9.17) is 0 Å². The van der Waals surface area contributed by atoms with Crippen molar-refractivity contribution in [2.24, 2.45) is 11.8 Å². The number of fused-ring (bicyclic) bond motifs is 2. The van der Waals surface area contributed by atoms with E-state index in [9.17, 15) is 5.11 Å². The smallest absolute Gasteiger partial charge is 0.0700 e. The Kier molecular flexibility index (Phi) is 1.29. The molecular weight excluding hydrogens is 126 g/mol. The minimum atomic E-state index is -0.356. The molecule has 2 fully saturated rings. The van der Waals surface area contributed by atoms with Gasteiger partial charge in [0.15, 0.2) is 0 Å². The third-order valence-electron chi connectivity index (χ3n) is 3.30. The lowest BCUT2D eigenvalue weighted by Gasteiger charge is -2.36. The Balaban J connectivity index is 2.21. The summed E-state index contributed by atoms with van der Waals surface area (Å²) in [6, 6.07) is 0. The van der Waals surface area contributed by atoms with E-state index in [0.29, 0.717) is 11.8 Å². The van der Waals surface area contributed by atoms with E-state index < -0.39 is 0 Å². The second kappa shape index (κ2) is 1.95. The molecule has 2 nitrogen and oxygen atoms in total. The monoisotopic (exact) mass is 141 g/mol. The molecule has 0 spiro atoms. The van der Waals surface area contributed by atoms with Gasteiger partial charge in [-0.1, -0.05) is 0 Å². The van der Waals surface area contributed by atoms with Gasteiger partial charge >= 0.3 is 0 Å². The van der Waals surface area contributed by atoms with Gasteiger partial charge < -0.3 is 10.4 Å². The van der Waals surface area contributed by atoms with Gasteiger partial charge in [-0.25, -0.2) is 0 Å². The zero-order valence-electron chi connectivity index (χ0n) is 6.43. The molecule has 0 aromatic carbocycles.